The fraction of sp³-hybridized carbons (Fsp3) is 0.647. The number of fused-ring (bicyclic) bond motifs is 1. The number of hydrogen-bond acceptors (Lipinski definition) is 3. The predicted octanol–water partition coefficient (Wildman–Crippen LogP) is 2.76. The molecule has 0 bridgehead atoms. The zero-order valence-corrected chi connectivity index (χ0v) is 13.1. The summed E-state index contributed by atoms with van der Waals surface area (Å²) in [6.07, 6.45) is 3.63. The van der Waals surface area contributed by atoms with Crippen molar-refractivity contribution >= 4 is 5.69 Å². The van der Waals surface area contributed by atoms with Gasteiger partial charge in [-0.2, -0.15) is 0 Å². The van der Waals surface area contributed by atoms with Crippen LogP contribution in [0.15, 0.2) is 18.2 Å². The van der Waals surface area contributed by atoms with Gasteiger partial charge >= 0.3 is 0 Å². The van der Waals surface area contributed by atoms with Crippen molar-refractivity contribution in [2.45, 2.75) is 39.2 Å². The van der Waals surface area contributed by atoms with E-state index in [2.05, 4.69) is 42.3 Å². The van der Waals surface area contributed by atoms with E-state index in [1.807, 2.05) is 0 Å². The van der Waals surface area contributed by atoms with E-state index in [-0.39, 0.29) is 0 Å². The lowest BCUT2D eigenvalue weighted by Gasteiger charge is -2.34. The number of methoxy groups -OCH3 is 1. The zero-order chi connectivity index (χ0) is 14.4. The van der Waals surface area contributed by atoms with Gasteiger partial charge in [0.2, 0.25) is 0 Å². The number of benzene rings is 1. The number of anilines is 1. The molecule has 1 aliphatic heterocycles. The Labute approximate surface area is 123 Å². The van der Waals surface area contributed by atoms with Gasteiger partial charge in [0, 0.05) is 31.9 Å². The molecule has 1 unspecified atom stereocenters. The number of aryl methyl sites for hydroxylation is 2. The molecule has 20 heavy (non-hydrogen) atoms. The Balaban J connectivity index is 2.05. The normalized spacial score (nSPS) is 16.1. The topological polar surface area (TPSA) is 24.5 Å². The van der Waals surface area contributed by atoms with Crippen molar-refractivity contribution < 1.29 is 4.74 Å². The molecule has 0 saturated heterocycles. The highest BCUT2D eigenvalue weighted by Crippen LogP contribution is 2.27. The maximum Gasteiger partial charge on any atom is 0.0633 e. The van der Waals surface area contributed by atoms with Crippen LogP contribution in [0.1, 0.15) is 30.9 Å². The number of nitrogens with zero attached hydrogens (tertiary/aromatic N) is 1. The Morgan fingerprint density at radius 2 is 2.25 bits per heavy atom. The van der Waals surface area contributed by atoms with Crippen LogP contribution in [0.2, 0.25) is 0 Å². The smallest absolute Gasteiger partial charge is 0.0633 e. The van der Waals surface area contributed by atoms with Gasteiger partial charge in [0.1, 0.15) is 0 Å². The SMILES string of the molecule is CCCNC(COC)CN1CCCc2cc(C)ccc21. The van der Waals surface area contributed by atoms with Crippen LogP contribution in [-0.2, 0) is 11.2 Å². The molecule has 1 aliphatic rings. The second kappa shape index (κ2) is 7.65. The number of nitrogens with one attached hydrogen (secondary N) is 1. The van der Waals surface area contributed by atoms with Gasteiger partial charge in [-0.1, -0.05) is 24.6 Å². The molecule has 0 fully saturated rings. The summed E-state index contributed by atoms with van der Waals surface area (Å²) in [7, 11) is 1.79. The van der Waals surface area contributed by atoms with E-state index in [0.717, 1.165) is 32.7 Å². The van der Waals surface area contributed by atoms with Crippen LogP contribution in [0.4, 0.5) is 5.69 Å². The second-order valence-corrected chi connectivity index (χ2v) is 5.79. The van der Waals surface area contributed by atoms with E-state index in [1.54, 1.807) is 7.11 Å². The van der Waals surface area contributed by atoms with Crippen molar-refractivity contribution in [2.75, 3.05) is 38.3 Å². The van der Waals surface area contributed by atoms with Crippen LogP contribution in [0.3, 0.4) is 0 Å². The van der Waals surface area contributed by atoms with Crippen molar-refractivity contribution in [1.29, 1.82) is 0 Å². The van der Waals surface area contributed by atoms with Crippen LogP contribution in [0.5, 0.6) is 0 Å². The molecule has 0 aromatic heterocycles. The standard InChI is InChI=1S/C17H28N2O/c1-4-9-18-16(13-20-3)12-19-10-5-6-15-11-14(2)7-8-17(15)19/h7-8,11,16,18H,4-6,9-10,12-13H2,1-3H3. The molecule has 3 nitrogen and oxygen atoms in total. The van der Waals surface area contributed by atoms with Crippen LogP contribution in [0, 0.1) is 6.92 Å². The molecule has 1 aromatic carbocycles. The van der Waals surface area contributed by atoms with E-state index in [4.69, 9.17) is 4.74 Å². The maximum atomic E-state index is 5.36. The van der Waals surface area contributed by atoms with Crippen molar-refractivity contribution in [1.82, 2.24) is 5.32 Å². The van der Waals surface area contributed by atoms with Gasteiger partial charge < -0.3 is 15.0 Å². The summed E-state index contributed by atoms with van der Waals surface area (Å²) in [5, 5.41) is 3.59. The highest BCUT2D eigenvalue weighted by atomic mass is 16.5. The molecule has 0 spiro atoms. The van der Waals surface area contributed by atoms with Gasteiger partial charge in [-0.05, 0) is 44.4 Å². The lowest BCUT2D eigenvalue weighted by atomic mass is 9.99. The third-order valence-corrected chi connectivity index (χ3v) is 3.94. The Kier molecular flexibility index (Phi) is 5.86. The molecule has 1 N–H and O–H groups in total. The molecule has 3 heteroatoms. The summed E-state index contributed by atoms with van der Waals surface area (Å²) in [6, 6.07) is 7.26. The molecule has 1 heterocycles. The molecule has 1 atom stereocenters. The Hall–Kier alpha value is -1.06. The third-order valence-electron chi connectivity index (χ3n) is 3.94. The number of hydrogen-bond donors (Lipinski definition) is 1. The monoisotopic (exact) mass is 276 g/mol. The number of ether oxygens (including phenoxy) is 1. The molecule has 112 valence electrons. The highest BCUT2D eigenvalue weighted by Gasteiger charge is 2.20. The summed E-state index contributed by atoms with van der Waals surface area (Å²) in [5.74, 6) is 0. The molecular formula is C17H28N2O. The first kappa shape index (κ1) is 15.3. The molecular weight excluding hydrogens is 248 g/mol. The lowest BCUT2D eigenvalue weighted by Crippen LogP contribution is -2.45. The van der Waals surface area contributed by atoms with Crippen molar-refractivity contribution in [3.8, 4) is 0 Å². The van der Waals surface area contributed by atoms with Gasteiger partial charge in [-0.15, -0.1) is 0 Å². The summed E-state index contributed by atoms with van der Waals surface area (Å²) in [4.78, 5) is 2.52. The molecule has 0 radical (unpaired) electrons. The average molecular weight is 276 g/mol. The van der Waals surface area contributed by atoms with E-state index >= 15 is 0 Å². The van der Waals surface area contributed by atoms with Crippen LogP contribution in [-0.4, -0.2) is 39.4 Å². The Morgan fingerprint density at radius 3 is 3.00 bits per heavy atom. The van der Waals surface area contributed by atoms with Crippen molar-refractivity contribution in [3.63, 3.8) is 0 Å². The Bertz CT molecular complexity index is 419. The summed E-state index contributed by atoms with van der Waals surface area (Å²) in [6.45, 7) is 8.40. The summed E-state index contributed by atoms with van der Waals surface area (Å²) in [5.41, 5.74) is 4.28. The number of rotatable bonds is 7. The van der Waals surface area contributed by atoms with Gasteiger partial charge in [0.15, 0.2) is 0 Å². The average Bonchev–Trinajstić information content (AvgIpc) is 2.45. The third kappa shape index (κ3) is 3.97. The first-order chi connectivity index (χ1) is 9.74. The van der Waals surface area contributed by atoms with E-state index in [1.165, 1.54) is 29.7 Å². The van der Waals surface area contributed by atoms with Crippen LogP contribution in [0.25, 0.3) is 0 Å². The minimum absolute atomic E-state index is 0.409. The van der Waals surface area contributed by atoms with Gasteiger partial charge in [-0.25, -0.2) is 0 Å². The molecule has 0 aliphatic carbocycles. The van der Waals surface area contributed by atoms with Gasteiger partial charge in [-0.3, -0.25) is 0 Å². The zero-order valence-electron chi connectivity index (χ0n) is 13.1. The molecule has 0 amide bonds. The summed E-state index contributed by atoms with van der Waals surface area (Å²) < 4.78 is 5.36. The largest absolute Gasteiger partial charge is 0.383 e. The maximum absolute atomic E-state index is 5.36. The fourth-order valence-electron chi connectivity index (χ4n) is 2.99. The summed E-state index contributed by atoms with van der Waals surface area (Å²) >= 11 is 0. The van der Waals surface area contributed by atoms with Crippen molar-refractivity contribution in [2.24, 2.45) is 0 Å². The molecule has 0 saturated carbocycles. The molecule has 1 aromatic rings. The quantitative estimate of drug-likeness (QED) is 0.829. The second-order valence-electron chi connectivity index (χ2n) is 5.79. The van der Waals surface area contributed by atoms with Gasteiger partial charge in [0.25, 0.3) is 0 Å². The minimum Gasteiger partial charge on any atom is -0.383 e. The van der Waals surface area contributed by atoms with E-state index in [0.29, 0.717) is 6.04 Å². The Morgan fingerprint density at radius 1 is 1.40 bits per heavy atom. The minimum atomic E-state index is 0.409. The lowest BCUT2D eigenvalue weighted by molar-refractivity contribution is 0.167. The van der Waals surface area contributed by atoms with E-state index in [9.17, 15) is 0 Å². The first-order valence-corrected chi connectivity index (χ1v) is 7.81. The van der Waals surface area contributed by atoms with E-state index < -0.39 is 0 Å². The van der Waals surface area contributed by atoms with Gasteiger partial charge in [0.05, 0.1) is 6.61 Å². The highest BCUT2D eigenvalue weighted by molar-refractivity contribution is 5.56. The fourth-order valence-corrected chi connectivity index (χ4v) is 2.99. The first-order valence-electron chi connectivity index (χ1n) is 7.81. The molecule has 2 rings (SSSR count). The van der Waals surface area contributed by atoms with Crippen LogP contribution >= 0.6 is 0 Å². The predicted molar refractivity (Wildman–Crippen MR) is 85.7 cm³/mol. The van der Waals surface area contributed by atoms with Crippen LogP contribution < -0.4 is 10.2 Å². The van der Waals surface area contributed by atoms with Crippen molar-refractivity contribution in [3.05, 3.63) is 29.3 Å².